The normalized spacial score (nSPS) is 14.7. The van der Waals surface area contributed by atoms with E-state index in [9.17, 15) is 8.78 Å². The van der Waals surface area contributed by atoms with Crippen LogP contribution in [0.5, 0.6) is 0 Å². The summed E-state index contributed by atoms with van der Waals surface area (Å²) in [5.41, 5.74) is 2.24. The number of benzene rings is 1. The first kappa shape index (κ1) is 24.1. The molecule has 36 heavy (non-hydrogen) atoms. The molecule has 0 atom stereocenters. The van der Waals surface area contributed by atoms with Gasteiger partial charge in [-0.1, -0.05) is 0 Å². The van der Waals surface area contributed by atoms with Crippen molar-refractivity contribution in [2.75, 3.05) is 30.4 Å². The van der Waals surface area contributed by atoms with Crippen LogP contribution in [0.2, 0.25) is 0 Å². The Morgan fingerprint density at radius 3 is 2.44 bits per heavy atom. The maximum Gasteiger partial charge on any atom is 0.229 e. The third-order valence-corrected chi connectivity index (χ3v) is 6.72. The Labute approximate surface area is 208 Å². The molecular weight excluding hydrogens is 462 g/mol. The van der Waals surface area contributed by atoms with E-state index in [-0.39, 0.29) is 23.2 Å². The van der Waals surface area contributed by atoms with Crippen molar-refractivity contribution in [1.29, 1.82) is 0 Å². The molecule has 0 radical (unpaired) electrons. The number of fused-ring (bicyclic) bond motifs is 1. The number of halogens is 2. The number of aromatic nitrogens is 5. The van der Waals surface area contributed by atoms with Crippen molar-refractivity contribution in [2.45, 2.75) is 45.7 Å². The summed E-state index contributed by atoms with van der Waals surface area (Å²) in [7, 11) is 2.00. The minimum atomic E-state index is -0.639. The highest BCUT2D eigenvalue weighted by Crippen LogP contribution is 2.30. The van der Waals surface area contributed by atoms with Crippen LogP contribution in [-0.2, 0) is 0 Å². The average Bonchev–Trinajstić information content (AvgIpc) is 3.22. The van der Waals surface area contributed by atoms with Crippen molar-refractivity contribution in [3.05, 3.63) is 54.1 Å². The lowest BCUT2D eigenvalue weighted by atomic mass is 10.1. The van der Waals surface area contributed by atoms with E-state index in [1.165, 1.54) is 6.07 Å². The first-order chi connectivity index (χ1) is 17.3. The summed E-state index contributed by atoms with van der Waals surface area (Å²) >= 11 is 0. The van der Waals surface area contributed by atoms with Gasteiger partial charge in [-0.25, -0.2) is 28.7 Å². The van der Waals surface area contributed by atoms with Gasteiger partial charge in [0.15, 0.2) is 11.6 Å². The topological polar surface area (TPSA) is 83.8 Å². The van der Waals surface area contributed by atoms with Crippen LogP contribution in [0.15, 0.2) is 36.7 Å². The molecule has 0 saturated carbocycles. The third kappa shape index (κ3) is 4.60. The van der Waals surface area contributed by atoms with Crippen LogP contribution < -0.4 is 15.5 Å². The molecule has 0 spiro atoms. The third-order valence-electron chi connectivity index (χ3n) is 6.72. The van der Waals surface area contributed by atoms with Crippen molar-refractivity contribution >= 4 is 28.5 Å². The summed E-state index contributed by atoms with van der Waals surface area (Å²) in [6.45, 7) is 7.76. The smallest absolute Gasteiger partial charge is 0.229 e. The Bertz CT molecular complexity index is 1380. The number of aryl methyl sites for hydroxylation is 1. The number of hydrogen-bond donors (Lipinski definition) is 2. The summed E-state index contributed by atoms with van der Waals surface area (Å²) in [5.74, 6) is 0.253. The maximum absolute atomic E-state index is 14.9. The van der Waals surface area contributed by atoms with E-state index in [1.807, 2.05) is 50.7 Å². The summed E-state index contributed by atoms with van der Waals surface area (Å²) < 4.78 is 31.6. The Kier molecular flexibility index (Phi) is 6.53. The van der Waals surface area contributed by atoms with Gasteiger partial charge in [0.2, 0.25) is 5.95 Å². The predicted octanol–water partition coefficient (Wildman–Crippen LogP) is 4.99. The second-order valence-corrected chi connectivity index (χ2v) is 9.42. The van der Waals surface area contributed by atoms with Crippen LogP contribution >= 0.6 is 0 Å². The largest absolute Gasteiger partial charge is 0.370 e. The van der Waals surface area contributed by atoms with Crippen LogP contribution in [0.3, 0.4) is 0 Å². The lowest BCUT2D eigenvalue weighted by Crippen LogP contribution is -2.41. The van der Waals surface area contributed by atoms with Crippen molar-refractivity contribution < 1.29 is 8.78 Å². The van der Waals surface area contributed by atoms with Crippen LogP contribution in [0.1, 0.15) is 38.6 Å². The molecule has 1 aromatic carbocycles. The summed E-state index contributed by atoms with van der Waals surface area (Å²) in [6.07, 6.45) is 5.07. The van der Waals surface area contributed by atoms with Crippen LogP contribution in [-0.4, -0.2) is 50.7 Å². The molecule has 0 unspecified atom stereocenters. The van der Waals surface area contributed by atoms with Crippen molar-refractivity contribution in [2.24, 2.45) is 0 Å². The Balaban J connectivity index is 1.40. The zero-order chi connectivity index (χ0) is 25.4. The minimum Gasteiger partial charge on any atom is -0.370 e. The summed E-state index contributed by atoms with van der Waals surface area (Å²) in [4.78, 5) is 19.6. The molecule has 1 aliphatic rings. The van der Waals surface area contributed by atoms with Gasteiger partial charge in [-0.15, -0.1) is 0 Å². The molecule has 2 N–H and O–H groups in total. The first-order valence-corrected chi connectivity index (χ1v) is 12.2. The molecule has 5 rings (SSSR count). The number of anilines is 3. The summed E-state index contributed by atoms with van der Waals surface area (Å²) in [5, 5.41) is 6.37. The molecule has 0 amide bonds. The molecule has 4 heterocycles. The highest BCUT2D eigenvalue weighted by atomic mass is 19.1. The second kappa shape index (κ2) is 9.77. The van der Waals surface area contributed by atoms with Crippen LogP contribution in [0, 0.1) is 18.6 Å². The molecule has 1 saturated heterocycles. The van der Waals surface area contributed by atoms with Gasteiger partial charge in [-0.05, 0) is 64.9 Å². The van der Waals surface area contributed by atoms with E-state index in [1.54, 1.807) is 6.07 Å². The van der Waals surface area contributed by atoms with Crippen molar-refractivity contribution in [3.8, 4) is 11.3 Å². The number of rotatable bonds is 6. The number of hydrogen-bond acceptors (Lipinski definition) is 7. The van der Waals surface area contributed by atoms with E-state index in [0.717, 1.165) is 37.8 Å². The fourth-order valence-corrected chi connectivity index (χ4v) is 4.88. The number of piperidine rings is 1. The van der Waals surface area contributed by atoms with E-state index in [0.29, 0.717) is 28.8 Å². The Hall–Kier alpha value is -3.66. The molecule has 8 nitrogen and oxygen atoms in total. The molecule has 0 aliphatic carbocycles. The maximum atomic E-state index is 14.9. The Morgan fingerprint density at radius 1 is 1.00 bits per heavy atom. The molecule has 3 aromatic heterocycles. The number of pyridine rings is 1. The van der Waals surface area contributed by atoms with Gasteiger partial charge in [-0.2, -0.15) is 0 Å². The zero-order valence-electron chi connectivity index (χ0n) is 20.9. The van der Waals surface area contributed by atoms with E-state index in [4.69, 9.17) is 0 Å². The second-order valence-electron chi connectivity index (χ2n) is 9.42. The lowest BCUT2D eigenvalue weighted by molar-refractivity contribution is 0.442. The van der Waals surface area contributed by atoms with Gasteiger partial charge in [0.1, 0.15) is 22.9 Å². The molecule has 1 fully saturated rings. The highest BCUT2D eigenvalue weighted by Gasteiger charge is 2.20. The first-order valence-electron chi connectivity index (χ1n) is 12.2. The van der Waals surface area contributed by atoms with Gasteiger partial charge in [-0.3, -0.25) is 0 Å². The Morgan fingerprint density at radius 2 is 1.78 bits per heavy atom. The zero-order valence-corrected chi connectivity index (χ0v) is 20.9. The molecule has 0 bridgehead atoms. The van der Waals surface area contributed by atoms with Gasteiger partial charge in [0, 0.05) is 30.7 Å². The monoisotopic (exact) mass is 492 g/mol. The fourth-order valence-electron chi connectivity index (χ4n) is 4.88. The molecule has 1 aliphatic heterocycles. The van der Waals surface area contributed by atoms with Gasteiger partial charge in [0.05, 0.1) is 23.6 Å². The highest BCUT2D eigenvalue weighted by molar-refractivity contribution is 5.83. The predicted molar refractivity (Wildman–Crippen MR) is 138 cm³/mol. The fraction of sp³-hybridized carbons (Fsp3) is 0.385. The van der Waals surface area contributed by atoms with E-state index < -0.39 is 11.6 Å². The standard InChI is InChI=1S/C26H30F2N8/c1-15(2)36-16(3)32-25-20(27)11-17(12-22(25)36)24-21(28)14-31-26(34-24)33-23-6-5-19(13-30-23)35-9-7-18(29-4)8-10-35/h5-6,11-15,18,29H,7-10H2,1-4H3,(H,30,31,33,34). The van der Waals surface area contributed by atoms with Crippen molar-refractivity contribution in [1.82, 2.24) is 29.8 Å². The van der Waals surface area contributed by atoms with Gasteiger partial charge >= 0.3 is 0 Å². The quantitative estimate of drug-likeness (QED) is 0.392. The lowest BCUT2D eigenvalue weighted by Gasteiger charge is -2.33. The van der Waals surface area contributed by atoms with Crippen molar-refractivity contribution in [3.63, 3.8) is 0 Å². The minimum absolute atomic E-state index is 0.00600. The molecule has 4 aromatic rings. The number of nitrogens with zero attached hydrogens (tertiary/aromatic N) is 6. The summed E-state index contributed by atoms with van der Waals surface area (Å²) in [6, 6.07) is 7.46. The number of imidazole rings is 1. The van der Waals surface area contributed by atoms with Gasteiger partial charge in [0.25, 0.3) is 0 Å². The molecule has 188 valence electrons. The molecule has 10 heteroatoms. The van der Waals surface area contributed by atoms with Gasteiger partial charge < -0.3 is 20.1 Å². The number of nitrogens with one attached hydrogen (secondary N) is 2. The van der Waals surface area contributed by atoms with E-state index in [2.05, 4.69) is 35.5 Å². The van der Waals surface area contributed by atoms with E-state index >= 15 is 0 Å². The average molecular weight is 493 g/mol. The van der Waals surface area contributed by atoms with Crippen LogP contribution in [0.25, 0.3) is 22.3 Å². The SMILES string of the molecule is CNC1CCN(c2ccc(Nc3ncc(F)c(-c4cc(F)c5nc(C)n(C(C)C)c5c4)n3)nc2)CC1. The molecular formula is C26H30F2N8. The van der Waals surface area contributed by atoms with Crippen LogP contribution in [0.4, 0.5) is 26.2 Å².